The third kappa shape index (κ3) is 3.33. The molecule has 0 radical (unpaired) electrons. The van der Waals surface area contributed by atoms with E-state index >= 15 is 0 Å². The summed E-state index contributed by atoms with van der Waals surface area (Å²) in [5, 5.41) is 12.8. The van der Waals surface area contributed by atoms with Gasteiger partial charge in [0.05, 0.1) is 5.52 Å². The molecule has 1 heterocycles. The number of hydrogen-bond acceptors (Lipinski definition) is 3. The first-order valence-corrected chi connectivity index (χ1v) is 8.56. The minimum absolute atomic E-state index is 0.205. The fraction of sp³-hybridized carbons (Fsp3) is 0.0909. The molecule has 3 aromatic carbocycles. The van der Waals surface area contributed by atoms with E-state index in [4.69, 9.17) is 4.74 Å². The Hall–Kier alpha value is -3.78. The highest BCUT2D eigenvalue weighted by molar-refractivity contribution is 6.14. The average Bonchev–Trinajstić information content (AvgIpc) is 3.10. The first-order valence-electron chi connectivity index (χ1n) is 8.56. The van der Waals surface area contributed by atoms with E-state index in [1.165, 1.54) is 0 Å². The molecule has 5 heteroatoms. The lowest BCUT2D eigenvalue weighted by Crippen LogP contribution is -2.12. The molecule has 0 atom stereocenters. The van der Waals surface area contributed by atoms with E-state index in [2.05, 4.69) is 27.4 Å². The van der Waals surface area contributed by atoms with Gasteiger partial charge in [-0.2, -0.15) is 5.10 Å². The summed E-state index contributed by atoms with van der Waals surface area (Å²) in [6.07, 6.45) is 0. The van der Waals surface area contributed by atoms with Crippen LogP contribution in [0.3, 0.4) is 0 Å². The van der Waals surface area contributed by atoms with Crippen molar-refractivity contribution in [2.75, 3.05) is 11.9 Å². The quantitative estimate of drug-likeness (QED) is 0.534. The number of H-pyrrole nitrogens is 1. The topological polar surface area (TPSA) is 67.0 Å². The van der Waals surface area contributed by atoms with E-state index < -0.39 is 0 Å². The number of fused-ring (bicyclic) bond motifs is 2. The Morgan fingerprint density at radius 2 is 1.96 bits per heavy atom. The van der Waals surface area contributed by atoms with Gasteiger partial charge >= 0.3 is 0 Å². The molecule has 1 aromatic heterocycles. The molecule has 0 aliphatic rings. The summed E-state index contributed by atoms with van der Waals surface area (Å²) in [5.41, 5.74) is 1.42. The van der Waals surface area contributed by atoms with E-state index in [-0.39, 0.29) is 5.91 Å². The zero-order valence-corrected chi connectivity index (χ0v) is 14.7. The van der Waals surface area contributed by atoms with Crippen LogP contribution in [0.1, 0.15) is 17.3 Å². The van der Waals surface area contributed by atoms with Crippen LogP contribution in [0.2, 0.25) is 0 Å². The molecule has 4 aromatic rings. The third-order valence-corrected chi connectivity index (χ3v) is 4.29. The van der Waals surface area contributed by atoms with E-state index in [1.54, 1.807) is 6.92 Å². The highest BCUT2D eigenvalue weighted by Gasteiger charge is 2.14. The molecule has 0 spiro atoms. The van der Waals surface area contributed by atoms with Crippen molar-refractivity contribution in [3.63, 3.8) is 0 Å². The molecule has 1 amide bonds. The van der Waals surface area contributed by atoms with Crippen molar-refractivity contribution < 1.29 is 9.53 Å². The van der Waals surface area contributed by atoms with E-state index in [9.17, 15) is 4.79 Å². The van der Waals surface area contributed by atoms with Gasteiger partial charge in [-0.25, -0.2) is 0 Å². The molecule has 0 bridgehead atoms. The largest absolute Gasteiger partial charge is 0.481 e. The molecular weight excluding hydrogens is 338 g/mol. The number of amides is 1. The number of aromatic amines is 1. The van der Waals surface area contributed by atoms with Crippen molar-refractivity contribution in [3.8, 4) is 17.6 Å². The first-order chi connectivity index (χ1) is 13.3. The summed E-state index contributed by atoms with van der Waals surface area (Å²) in [6.45, 7) is 2.08. The molecule has 0 aliphatic heterocycles. The van der Waals surface area contributed by atoms with Crippen LogP contribution in [0.5, 0.6) is 5.75 Å². The minimum atomic E-state index is -0.205. The van der Waals surface area contributed by atoms with Gasteiger partial charge in [0, 0.05) is 10.9 Å². The maximum absolute atomic E-state index is 12.9. The van der Waals surface area contributed by atoms with Crippen LogP contribution in [-0.4, -0.2) is 22.7 Å². The number of aromatic nitrogens is 2. The van der Waals surface area contributed by atoms with Crippen molar-refractivity contribution in [1.29, 1.82) is 0 Å². The second kappa shape index (κ2) is 7.22. The number of carbonyl (C=O) groups excluding carboxylic acids is 1. The van der Waals surface area contributed by atoms with Gasteiger partial charge in [0.1, 0.15) is 12.4 Å². The number of anilines is 1. The Morgan fingerprint density at radius 3 is 2.85 bits per heavy atom. The minimum Gasteiger partial charge on any atom is -0.481 e. The third-order valence-electron chi connectivity index (χ3n) is 4.29. The molecule has 5 nitrogen and oxygen atoms in total. The molecule has 0 saturated heterocycles. The van der Waals surface area contributed by atoms with Gasteiger partial charge in [-0.3, -0.25) is 9.89 Å². The molecule has 27 heavy (non-hydrogen) atoms. The van der Waals surface area contributed by atoms with Crippen LogP contribution in [-0.2, 0) is 0 Å². The lowest BCUT2D eigenvalue weighted by molar-refractivity contribution is 0.102. The van der Waals surface area contributed by atoms with Crippen molar-refractivity contribution in [1.82, 2.24) is 10.2 Å². The normalized spacial score (nSPS) is 10.4. The van der Waals surface area contributed by atoms with Crippen molar-refractivity contribution in [3.05, 3.63) is 66.2 Å². The lowest BCUT2D eigenvalue weighted by Gasteiger charge is -2.07. The highest BCUT2D eigenvalue weighted by Crippen LogP contribution is 2.26. The summed E-state index contributed by atoms with van der Waals surface area (Å²) in [5.74, 6) is 6.58. The maximum Gasteiger partial charge on any atom is 0.257 e. The van der Waals surface area contributed by atoms with Crippen molar-refractivity contribution in [2.45, 2.75) is 6.92 Å². The molecule has 132 valence electrons. The second-order valence-corrected chi connectivity index (χ2v) is 5.98. The van der Waals surface area contributed by atoms with Gasteiger partial charge in [0.25, 0.3) is 5.91 Å². The fourth-order valence-corrected chi connectivity index (χ4v) is 2.97. The fourth-order valence-electron chi connectivity index (χ4n) is 2.97. The molecule has 0 saturated carbocycles. The van der Waals surface area contributed by atoms with Gasteiger partial charge in [-0.05, 0) is 42.0 Å². The van der Waals surface area contributed by atoms with Crippen LogP contribution in [0.25, 0.3) is 21.7 Å². The molecular formula is C22H17N3O2. The number of benzene rings is 3. The molecule has 2 N–H and O–H groups in total. The smallest absolute Gasteiger partial charge is 0.257 e. The van der Waals surface area contributed by atoms with E-state index in [0.29, 0.717) is 23.7 Å². The predicted molar refractivity (Wildman–Crippen MR) is 107 cm³/mol. The lowest BCUT2D eigenvalue weighted by atomic mass is 10.0. The van der Waals surface area contributed by atoms with Crippen LogP contribution in [0.4, 0.5) is 5.82 Å². The van der Waals surface area contributed by atoms with Gasteiger partial charge < -0.3 is 10.1 Å². The summed E-state index contributed by atoms with van der Waals surface area (Å²) in [6, 6.07) is 19.0. The summed E-state index contributed by atoms with van der Waals surface area (Å²) in [4.78, 5) is 12.9. The Bertz CT molecular complexity index is 1190. The Kier molecular flexibility index (Phi) is 4.46. The SMILES string of the molecule is CC#CCOc1ccc2[nH]nc(NC(=O)c3cccc4ccccc34)c2c1. The number of rotatable bonds is 4. The van der Waals surface area contributed by atoms with Crippen molar-refractivity contribution >= 4 is 33.4 Å². The Morgan fingerprint density at radius 1 is 1.11 bits per heavy atom. The molecule has 4 rings (SSSR count). The van der Waals surface area contributed by atoms with E-state index in [1.807, 2.05) is 60.7 Å². The summed E-state index contributed by atoms with van der Waals surface area (Å²) >= 11 is 0. The number of nitrogens with one attached hydrogen (secondary N) is 2. The van der Waals surface area contributed by atoms with Gasteiger partial charge in [-0.15, -0.1) is 5.92 Å². The van der Waals surface area contributed by atoms with Crippen LogP contribution < -0.4 is 10.1 Å². The number of hydrogen-bond donors (Lipinski definition) is 2. The van der Waals surface area contributed by atoms with Gasteiger partial charge in [0.2, 0.25) is 0 Å². The van der Waals surface area contributed by atoms with E-state index in [0.717, 1.165) is 21.7 Å². The Labute approximate surface area is 156 Å². The zero-order chi connectivity index (χ0) is 18.6. The monoisotopic (exact) mass is 355 g/mol. The molecule has 0 unspecified atom stereocenters. The van der Waals surface area contributed by atoms with Crippen LogP contribution in [0.15, 0.2) is 60.7 Å². The Balaban J connectivity index is 1.65. The number of nitrogens with zero attached hydrogens (tertiary/aromatic N) is 1. The number of carbonyl (C=O) groups is 1. The molecule has 0 aliphatic carbocycles. The van der Waals surface area contributed by atoms with Crippen molar-refractivity contribution in [2.24, 2.45) is 0 Å². The maximum atomic E-state index is 12.9. The number of ether oxygens (including phenoxy) is 1. The predicted octanol–water partition coefficient (Wildman–Crippen LogP) is 4.37. The van der Waals surface area contributed by atoms with Gasteiger partial charge in [0.15, 0.2) is 5.82 Å². The summed E-state index contributed by atoms with van der Waals surface area (Å²) in [7, 11) is 0. The molecule has 0 fully saturated rings. The first kappa shape index (κ1) is 16.7. The summed E-state index contributed by atoms with van der Waals surface area (Å²) < 4.78 is 5.60. The average molecular weight is 355 g/mol. The zero-order valence-electron chi connectivity index (χ0n) is 14.7. The van der Waals surface area contributed by atoms with Gasteiger partial charge in [-0.1, -0.05) is 42.3 Å². The standard InChI is InChI=1S/C22H17N3O2/c1-2-3-13-27-16-11-12-20-19(14-16)21(25-24-20)23-22(26)18-10-6-8-15-7-4-5-9-17(15)18/h4-12,14H,13H2,1H3,(H2,23,24,25,26). The van der Waals surface area contributed by atoms with Crippen LogP contribution in [0, 0.1) is 11.8 Å². The van der Waals surface area contributed by atoms with Crippen LogP contribution >= 0.6 is 0 Å². The highest BCUT2D eigenvalue weighted by atomic mass is 16.5. The second-order valence-electron chi connectivity index (χ2n) is 5.98.